The van der Waals surface area contributed by atoms with E-state index in [0.29, 0.717) is 17.5 Å². The second-order valence-corrected chi connectivity index (χ2v) is 16.0. The van der Waals surface area contributed by atoms with Crippen LogP contribution in [-0.2, 0) is 5.41 Å². The molecule has 0 N–H and O–H groups in total. The van der Waals surface area contributed by atoms with Gasteiger partial charge in [0.25, 0.3) is 0 Å². The number of rotatable bonds is 5. The van der Waals surface area contributed by atoms with Crippen molar-refractivity contribution < 1.29 is 0 Å². The molecule has 258 valence electrons. The second-order valence-electron chi connectivity index (χ2n) is 14.9. The monoisotopic (exact) mass is 712 g/mol. The third-order valence-electron chi connectivity index (χ3n) is 10.4. The van der Waals surface area contributed by atoms with Crippen molar-refractivity contribution in [2.75, 3.05) is 0 Å². The minimum atomic E-state index is 0.0601. The van der Waals surface area contributed by atoms with E-state index in [2.05, 4.69) is 159 Å². The van der Waals surface area contributed by atoms with E-state index in [1.807, 2.05) is 41.7 Å². The maximum atomic E-state index is 5.04. The summed E-state index contributed by atoms with van der Waals surface area (Å²) in [7, 11) is 0. The molecule has 0 aliphatic heterocycles. The molecular weight excluding hydrogens is 677 g/mol. The molecule has 0 saturated heterocycles. The van der Waals surface area contributed by atoms with Crippen molar-refractivity contribution in [1.29, 1.82) is 0 Å². The zero-order valence-electron chi connectivity index (χ0n) is 30.3. The fourth-order valence-electron chi connectivity index (χ4n) is 7.66. The van der Waals surface area contributed by atoms with Gasteiger partial charge in [-0.3, -0.25) is 0 Å². The SMILES string of the molecule is CC(C)(C)c1ccc(-c2nc(-c3ccccc3)nc(-c3ccc(-n4c5ccccc5c5ccc(-c6cccc7sc8ccccc8c67)cc54)cc3)n2)cc1. The van der Waals surface area contributed by atoms with Gasteiger partial charge in [-0.15, -0.1) is 11.3 Å². The third-order valence-corrected chi connectivity index (χ3v) is 11.6. The smallest absolute Gasteiger partial charge is 0.164 e. The molecule has 0 spiro atoms. The Morgan fingerprint density at radius 2 is 1.00 bits per heavy atom. The quantitative estimate of drug-likeness (QED) is 0.178. The van der Waals surface area contributed by atoms with E-state index >= 15 is 0 Å². The van der Waals surface area contributed by atoms with Gasteiger partial charge in [0.2, 0.25) is 0 Å². The molecule has 10 rings (SSSR count). The standard InChI is InChI=1S/C49H36N4S/c1-49(2,3)35-25-20-32(21-26-35)47-50-46(31-12-5-4-6-13-31)51-48(52-47)33-22-27-36(28-23-33)53-41-17-9-7-14-38(41)39-29-24-34(30-42(39)53)37-16-11-19-44-45(37)40-15-8-10-18-43(40)54-44/h4-30H,1-3H3. The molecule has 54 heavy (non-hydrogen) atoms. The fraction of sp³-hybridized carbons (Fsp3) is 0.0816. The second kappa shape index (κ2) is 12.6. The number of aromatic nitrogens is 4. The van der Waals surface area contributed by atoms with Crippen LogP contribution in [0.3, 0.4) is 0 Å². The molecule has 0 saturated carbocycles. The molecule has 5 heteroatoms. The number of thiophene rings is 1. The maximum absolute atomic E-state index is 5.04. The molecule has 0 aliphatic carbocycles. The van der Waals surface area contributed by atoms with Gasteiger partial charge < -0.3 is 4.57 Å². The van der Waals surface area contributed by atoms with Gasteiger partial charge in [0.15, 0.2) is 17.5 Å². The van der Waals surface area contributed by atoms with Crippen LogP contribution in [-0.4, -0.2) is 19.5 Å². The van der Waals surface area contributed by atoms with E-state index in [9.17, 15) is 0 Å². The molecule has 7 aromatic carbocycles. The first-order valence-electron chi connectivity index (χ1n) is 18.4. The largest absolute Gasteiger partial charge is 0.309 e. The maximum Gasteiger partial charge on any atom is 0.164 e. The van der Waals surface area contributed by atoms with Crippen molar-refractivity contribution in [1.82, 2.24) is 19.5 Å². The van der Waals surface area contributed by atoms with Crippen molar-refractivity contribution in [2.24, 2.45) is 0 Å². The summed E-state index contributed by atoms with van der Waals surface area (Å²) >= 11 is 1.86. The summed E-state index contributed by atoms with van der Waals surface area (Å²) in [5.41, 5.74) is 10.1. The Balaban J connectivity index is 1.10. The Labute approximate surface area is 318 Å². The highest BCUT2D eigenvalue weighted by Gasteiger charge is 2.18. The highest BCUT2D eigenvalue weighted by Crippen LogP contribution is 2.42. The molecule has 4 nitrogen and oxygen atoms in total. The van der Waals surface area contributed by atoms with Crippen LogP contribution in [0.5, 0.6) is 0 Å². The Kier molecular flexibility index (Phi) is 7.53. The molecule has 0 unspecified atom stereocenters. The minimum Gasteiger partial charge on any atom is -0.309 e. The topological polar surface area (TPSA) is 43.6 Å². The van der Waals surface area contributed by atoms with Crippen LogP contribution in [0.4, 0.5) is 0 Å². The van der Waals surface area contributed by atoms with Gasteiger partial charge in [0, 0.05) is 53.3 Å². The fourth-order valence-corrected chi connectivity index (χ4v) is 8.79. The highest BCUT2D eigenvalue weighted by molar-refractivity contribution is 7.25. The first-order chi connectivity index (χ1) is 26.4. The first kappa shape index (κ1) is 32.2. The van der Waals surface area contributed by atoms with Crippen molar-refractivity contribution >= 4 is 53.3 Å². The van der Waals surface area contributed by atoms with Gasteiger partial charge in [0.05, 0.1) is 11.0 Å². The molecule has 3 aromatic heterocycles. The minimum absolute atomic E-state index is 0.0601. The number of fused-ring (bicyclic) bond motifs is 6. The number of hydrogen-bond acceptors (Lipinski definition) is 4. The van der Waals surface area contributed by atoms with Crippen LogP contribution in [0, 0.1) is 0 Å². The molecule has 0 bridgehead atoms. The first-order valence-corrected chi connectivity index (χ1v) is 19.2. The molecule has 10 aromatic rings. The van der Waals surface area contributed by atoms with Gasteiger partial charge in [-0.25, -0.2) is 15.0 Å². The molecule has 0 fully saturated rings. The van der Waals surface area contributed by atoms with Crippen molar-refractivity contribution in [3.63, 3.8) is 0 Å². The van der Waals surface area contributed by atoms with Gasteiger partial charge in [0.1, 0.15) is 0 Å². The molecule has 3 heterocycles. The number of nitrogens with zero attached hydrogens (tertiary/aromatic N) is 4. The normalized spacial score (nSPS) is 12.0. The van der Waals surface area contributed by atoms with Crippen LogP contribution in [0.25, 0.3) is 93.0 Å². The molecule has 0 radical (unpaired) electrons. The Bertz CT molecular complexity index is 3000. The summed E-state index contributed by atoms with van der Waals surface area (Å²) < 4.78 is 5.01. The van der Waals surface area contributed by atoms with Gasteiger partial charge in [-0.05, 0) is 70.6 Å². The van der Waals surface area contributed by atoms with Crippen LogP contribution in [0.15, 0.2) is 164 Å². The van der Waals surface area contributed by atoms with E-state index in [4.69, 9.17) is 15.0 Å². The van der Waals surface area contributed by atoms with Crippen LogP contribution in [0.1, 0.15) is 26.3 Å². The summed E-state index contributed by atoms with van der Waals surface area (Å²) in [5.74, 6) is 1.96. The Morgan fingerprint density at radius 1 is 0.444 bits per heavy atom. The summed E-state index contributed by atoms with van der Waals surface area (Å²) in [6.07, 6.45) is 0. The summed E-state index contributed by atoms with van der Waals surface area (Å²) in [6.45, 7) is 6.68. The predicted molar refractivity (Wildman–Crippen MR) is 227 cm³/mol. The Morgan fingerprint density at radius 3 is 1.70 bits per heavy atom. The van der Waals surface area contributed by atoms with Crippen molar-refractivity contribution in [3.8, 4) is 51.0 Å². The van der Waals surface area contributed by atoms with Crippen LogP contribution in [0.2, 0.25) is 0 Å². The van der Waals surface area contributed by atoms with E-state index in [1.54, 1.807) is 0 Å². The lowest BCUT2D eigenvalue weighted by Crippen LogP contribution is -2.10. The number of para-hydroxylation sites is 1. The number of benzene rings is 7. The lowest BCUT2D eigenvalue weighted by molar-refractivity contribution is 0.590. The molecule has 0 aliphatic rings. The van der Waals surface area contributed by atoms with Gasteiger partial charge in [-0.2, -0.15) is 0 Å². The van der Waals surface area contributed by atoms with Crippen molar-refractivity contribution in [2.45, 2.75) is 26.2 Å². The van der Waals surface area contributed by atoms with E-state index in [1.165, 1.54) is 58.7 Å². The summed E-state index contributed by atoms with van der Waals surface area (Å²) in [6, 6.07) is 58.4. The molecule has 0 amide bonds. The average molecular weight is 713 g/mol. The molecule has 0 atom stereocenters. The lowest BCUT2D eigenvalue weighted by Gasteiger charge is -2.19. The van der Waals surface area contributed by atoms with E-state index in [0.717, 1.165) is 22.4 Å². The zero-order chi connectivity index (χ0) is 36.4. The van der Waals surface area contributed by atoms with Crippen LogP contribution < -0.4 is 0 Å². The Hall–Kier alpha value is -6.43. The van der Waals surface area contributed by atoms with Gasteiger partial charge >= 0.3 is 0 Å². The van der Waals surface area contributed by atoms with Crippen molar-refractivity contribution in [3.05, 3.63) is 169 Å². The zero-order valence-corrected chi connectivity index (χ0v) is 31.1. The number of hydrogen-bond donors (Lipinski definition) is 0. The molecular formula is C49H36N4S. The summed E-state index contributed by atoms with van der Waals surface area (Å²) in [5, 5.41) is 5.09. The average Bonchev–Trinajstić information content (AvgIpc) is 3.76. The van der Waals surface area contributed by atoms with Crippen LogP contribution >= 0.6 is 11.3 Å². The van der Waals surface area contributed by atoms with E-state index in [-0.39, 0.29) is 5.41 Å². The summed E-state index contributed by atoms with van der Waals surface area (Å²) in [4.78, 5) is 15.0. The lowest BCUT2D eigenvalue weighted by atomic mass is 9.87. The van der Waals surface area contributed by atoms with E-state index < -0.39 is 0 Å². The highest BCUT2D eigenvalue weighted by atomic mass is 32.1. The predicted octanol–water partition coefficient (Wildman–Crippen LogP) is 13.3. The third kappa shape index (κ3) is 5.48. The van der Waals surface area contributed by atoms with Gasteiger partial charge in [-0.1, -0.05) is 136 Å².